The maximum atomic E-state index is 12.7. The van der Waals surface area contributed by atoms with Crippen molar-refractivity contribution in [1.29, 1.82) is 0 Å². The number of anilines is 1. The van der Waals surface area contributed by atoms with Crippen molar-refractivity contribution in [3.63, 3.8) is 0 Å². The number of esters is 1. The molecule has 1 aromatic heterocycles. The fourth-order valence-electron chi connectivity index (χ4n) is 2.83. The van der Waals surface area contributed by atoms with Gasteiger partial charge in [0.25, 0.3) is 5.91 Å². The van der Waals surface area contributed by atoms with E-state index in [1.165, 1.54) is 0 Å². The lowest BCUT2D eigenvalue weighted by Gasteiger charge is -2.25. The van der Waals surface area contributed by atoms with Crippen molar-refractivity contribution in [2.45, 2.75) is 13.0 Å². The van der Waals surface area contributed by atoms with Crippen LogP contribution in [0.3, 0.4) is 0 Å². The fourth-order valence-corrected chi connectivity index (χ4v) is 3.72. The van der Waals surface area contributed by atoms with E-state index < -0.39 is 18.0 Å². The molecule has 3 aromatic rings. The molecule has 4 rings (SSSR count). The molecule has 2 aromatic carbocycles. The Morgan fingerprint density at radius 3 is 2.62 bits per heavy atom. The van der Waals surface area contributed by atoms with E-state index in [1.807, 2.05) is 36.4 Å². The van der Waals surface area contributed by atoms with Crippen molar-refractivity contribution < 1.29 is 23.8 Å². The molecule has 1 aliphatic rings. The molecular formula is C21H18N2O5S. The van der Waals surface area contributed by atoms with Crippen LogP contribution in [0.5, 0.6) is 11.5 Å². The van der Waals surface area contributed by atoms with Gasteiger partial charge in [-0.25, -0.2) is 9.78 Å². The van der Waals surface area contributed by atoms with Crippen LogP contribution in [0.4, 0.5) is 5.13 Å². The largest absolute Gasteiger partial charge is 0.485 e. The standard InChI is InChI=1S/C21H18N2O5S/c1-2-26-20(25)18-17(13-8-4-3-5-9-13)22-21(29-18)23-19(24)16-12-27-14-10-6-7-11-15(14)28-16/h3-11,16H,2,12H2,1H3,(H,22,23,24)/t16-/m1/s1. The van der Waals surface area contributed by atoms with E-state index in [9.17, 15) is 9.59 Å². The minimum absolute atomic E-state index is 0.0878. The third-order valence-electron chi connectivity index (χ3n) is 4.17. The average molecular weight is 410 g/mol. The van der Waals surface area contributed by atoms with E-state index in [0.717, 1.165) is 16.9 Å². The van der Waals surface area contributed by atoms with Crippen LogP contribution in [0.25, 0.3) is 11.3 Å². The van der Waals surface area contributed by atoms with E-state index in [4.69, 9.17) is 14.2 Å². The highest BCUT2D eigenvalue weighted by atomic mass is 32.1. The quantitative estimate of drug-likeness (QED) is 0.645. The topological polar surface area (TPSA) is 86.8 Å². The molecule has 0 unspecified atom stereocenters. The van der Waals surface area contributed by atoms with Crippen LogP contribution >= 0.6 is 11.3 Å². The smallest absolute Gasteiger partial charge is 0.350 e. The number of hydrogen-bond donors (Lipinski definition) is 1. The second kappa shape index (κ2) is 8.32. The van der Waals surface area contributed by atoms with E-state index in [0.29, 0.717) is 27.2 Å². The van der Waals surface area contributed by atoms with Gasteiger partial charge >= 0.3 is 5.97 Å². The van der Waals surface area contributed by atoms with Gasteiger partial charge in [0.2, 0.25) is 6.10 Å². The zero-order valence-electron chi connectivity index (χ0n) is 15.6. The van der Waals surface area contributed by atoms with E-state index in [1.54, 1.807) is 25.1 Å². The van der Waals surface area contributed by atoms with Gasteiger partial charge in [0.15, 0.2) is 16.6 Å². The normalized spacial score (nSPS) is 14.9. The first kappa shape index (κ1) is 18.9. The second-order valence-corrected chi connectivity index (χ2v) is 7.14. The molecule has 1 atom stereocenters. The van der Waals surface area contributed by atoms with Gasteiger partial charge in [-0.1, -0.05) is 53.8 Å². The van der Waals surface area contributed by atoms with Crippen LogP contribution in [0.1, 0.15) is 16.6 Å². The third-order valence-corrected chi connectivity index (χ3v) is 5.12. The van der Waals surface area contributed by atoms with Gasteiger partial charge in [0.05, 0.1) is 12.3 Å². The summed E-state index contributed by atoms with van der Waals surface area (Å²) < 4.78 is 16.4. The molecule has 1 aliphatic heterocycles. The average Bonchev–Trinajstić information content (AvgIpc) is 3.18. The summed E-state index contributed by atoms with van der Waals surface area (Å²) in [5, 5.41) is 3.02. The highest BCUT2D eigenvalue weighted by Gasteiger charge is 2.29. The highest BCUT2D eigenvalue weighted by molar-refractivity contribution is 7.18. The molecule has 0 bridgehead atoms. The number of carbonyl (C=O) groups is 2. The number of nitrogens with one attached hydrogen (secondary N) is 1. The molecule has 0 saturated heterocycles. The summed E-state index contributed by atoms with van der Waals surface area (Å²) in [4.78, 5) is 29.8. The van der Waals surface area contributed by atoms with E-state index in [-0.39, 0.29) is 13.2 Å². The molecule has 1 amide bonds. The summed E-state index contributed by atoms with van der Waals surface area (Å²) >= 11 is 1.07. The van der Waals surface area contributed by atoms with Crippen LogP contribution in [-0.4, -0.2) is 36.2 Å². The summed E-state index contributed by atoms with van der Waals surface area (Å²) in [5.41, 5.74) is 1.23. The lowest BCUT2D eigenvalue weighted by atomic mass is 10.1. The van der Waals surface area contributed by atoms with Gasteiger partial charge in [0, 0.05) is 5.56 Å². The van der Waals surface area contributed by atoms with Crippen molar-refractivity contribution in [2.24, 2.45) is 0 Å². The molecular weight excluding hydrogens is 392 g/mol. The zero-order chi connectivity index (χ0) is 20.2. The molecule has 148 valence electrons. The monoisotopic (exact) mass is 410 g/mol. The Bertz CT molecular complexity index is 1030. The molecule has 0 radical (unpaired) electrons. The number of fused-ring (bicyclic) bond motifs is 1. The Hall–Kier alpha value is -3.39. The molecule has 8 heteroatoms. The van der Waals surface area contributed by atoms with Crippen molar-refractivity contribution in [1.82, 2.24) is 4.98 Å². The number of hydrogen-bond acceptors (Lipinski definition) is 7. The number of ether oxygens (including phenoxy) is 3. The van der Waals surface area contributed by atoms with Gasteiger partial charge in [0.1, 0.15) is 11.5 Å². The van der Waals surface area contributed by atoms with Gasteiger partial charge in [-0.15, -0.1) is 0 Å². The lowest BCUT2D eigenvalue weighted by Crippen LogP contribution is -2.40. The third kappa shape index (κ3) is 4.07. The van der Waals surface area contributed by atoms with Crippen LogP contribution in [0.15, 0.2) is 54.6 Å². The van der Waals surface area contributed by atoms with E-state index in [2.05, 4.69) is 10.3 Å². The number of nitrogens with zero attached hydrogens (tertiary/aromatic N) is 1. The first-order chi connectivity index (χ1) is 14.2. The van der Waals surface area contributed by atoms with Gasteiger partial charge in [-0.2, -0.15) is 0 Å². The minimum Gasteiger partial charge on any atom is -0.485 e. The number of aromatic nitrogens is 1. The zero-order valence-corrected chi connectivity index (χ0v) is 16.4. The molecule has 0 spiro atoms. The number of thiazole rings is 1. The first-order valence-corrected chi connectivity index (χ1v) is 9.90. The number of carbonyl (C=O) groups excluding carboxylic acids is 2. The highest BCUT2D eigenvalue weighted by Crippen LogP contribution is 2.33. The number of amides is 1. The summed E-state index contributed by atoms with van der Waals surface area (Å²) in [6.45, 7) is 2.08. The molecule has 29 heavy (non-hydrogen) atoms. The molecule has 0 fully saturated rings. The van der Waals surface area contributed by atoms with Gasteiger partial charge in [-0.05, 0) is 19.1 Å². The predicted octanol–water partition coefficient (Wildman–Crippen LogP) is 3.77. The summed E-state index contributed by atoms with van der Waals surface area (Å²) in [7, 11) is 0. The first-order valence-electron chi connectivity index (χ1n) is 9.08. The van der Waals surface area contributed by atoms with Crippen molar-refractivity contribution in [3.8, 4) is 22.8 Å². The molecule has 0 saturated carbocycles. The maximum Gasteiger partial charge on any atom is 0.350 e. The maximum absolute atomic E-state index is 12.7. The Morgan fingerprint density at radius 1 is 1.14 bits per heavy atom. The van der Waals surface area contributed by atoms with Crippen molar-refractivity contribution >= 4 is 28.3 Å². The van der Waals surface area contributed by atoms with Crippen molar-refractivity contribution in [3.05, 3.63) is 59.5 Å². The summed E-state index contributed by atoms with van der Waals surface area (Å²) in [5.74, 6) is 0.232. The molecule has 0 aliphatic carbocycles. The van der Waals surface area contributed by atoms with Gasteiger partial charge in [-0.3, -0.25) is 10.1 Å². The van der Waals surface area contributed by atoms with Gasteiger partial charge < -0.3 is 14.2 Å². The van der Waals surface area contributed by atoms with E-state index >= 15 is 0 Å². The fraction of sp³-hybridized carbons (Fsp3) is 0.190. The Labute approximate surface area is 171 Å². The van der Waals surface area contributed by atoms with Crippen LogP contribution in [0.2, 0.25) is 0 Å². The summed E-state index contributed by atoms with van der Waals surface area (Å²) in [6, 6.07) is 16.4. The predicted molar refractivity (Wildman–Crippen MR) is 108 cm³/mol. The molecule has 2 heterocycles. The Kier molecular flexibility index (Phi) is 5.44. The van der Waals surface area contributed by atoms with Crippen molar-refractivity contribution in [2.75, 3.05) is 18.5 Å². The van der Waals surface area contributed by atoms with Crippen LogP contribution in [0, 0.1) is 0 Å². The lowest BCUT2D eigenvalue weighted by molar-refractivity contribution is -0.125. The Balaban J connectivity index is 1.56. The summed E-state index contributed by atoms with van der Waals surface area (Å²) in [6.07, 6.45) is -0.819. The van der Waals surface area contributed by atoms with Crippen LogP contribution in [-0.2, 0) is 9.53 Å². The molecule has 7 nitrogen and oxygen atoms in total. The SMILES string of the molecule is CCOC(=O)c1sc(NC(=O)[C@H]2COc3ccccc3O2)nc1-c1ccccc1. The minimum atomic E-state index is -0.819. The number of para-hydroxylation sites is 2. The van der Waals surface area contributed by atoms with Crippen LogP contribution < -0.4 is 14.8 Å². The number of benzene rings is 2. The Morgan fingerprint density at radius 2 is 1.86 bits per heavy atom. The molecule has 1 N–H and O–H groups in total. The second-order valence-electron chi connectivity index (χ2n) is 6.14. The number of rotatable bonds is 5.